The number of halogens is 5. The topological polar surface area (TPSA) is 112 Å². The SMILES string of the molecule is [2H][C@@](Nc1cc(Cl)c2ncc(C#N)c(N[C@H](CCC#N)c3ccccc3)c2c1)(C1=CN(C2(C(F)(F)F)CC2)NN1)c1ccc(F)cc1. The zero-order valence-corrected chi connectivity index (χ0v) is 24.8. The summed E-state index contributed by atoms with van der Waals surface area (Å²) in [6.07, 6.45) is -1.50. The first-order chi connectivity index (χ1) is 22.5. The summed E-state index contributed by atoms with van der Waals surface area (Å²) >= 11 is 6.72. The maximum Gasteiger partial charge on any atom is 0.413 e. The summed E-state index contributed by atoms with van der Waals surface area (Å²) in [4.78, 5) is 4.39. The largest absolute Gasteiger partial charge is 0.413 e. The monoisotopic (exact) mass is 647 g/mol. The Balaban J connectivity index is 1.44. The molecule has 1 fully saturated rings. The Morgan fingerprint density at radius 1 is 1.07 bits per heavy atom. The lowest BCUT2D eigenvalue weighted by Gasteiger charge is -2.28. The van der Waals surface area contributed by atoms with Crippen molar-refractivity contribution in [3.63, 3.8) is 0 Å². The Hall–Kier alpha value is -5.04. The smallest absolute Gasteiger partial charge is 0.377 e. The van der Waals surface area contributed by atoms with Gasteiger partial charge in [-0.25, -0.2) is 4.39 Å². The van der Waals surface area contributed by atoms with E-state index in [1.54, 1.807) is 6.07 Å². The Bertz CT molecular complexity index is 1920. The summed E-state index contributed by atoms with van der Waals surface area (Å²) < 4.78 is 65.3. The number of nitrogens with one attached hydrogen (secondary N) is 4. The van der Waals surface area contributed by atoms with Gasteiger partial charge in [0.2, 0.25) is 0 Å². The van der Waals surface area contributed by atoms with Crippen LogP contribution in [0.25, 0.3) is 10.9 Å². The van der Waals surface area contributed by atoms with Gasteiger partial charge in [0, 0.05) is 29.9 Å². The van der Waals surface area contributed by atoms with Gasteiger partial charge in [-0.15, -0.1) is 5.53 Å². The molecule has 46 heavy (non-hydrogen) atoms. The summed E-state index contributed by atoms with van der Waals surface area (Å²) in [7, 11) is 0. The molecule has 2 heterocycles. The number of pyridine rings is 1. The minimum absolute atomic E-state index is 0.0127. The third-order valence-electron chi connectivity index (χ3n) is 8.06. The minimum atomic E-state index is -4.52. The van der Waals surface area contributed by atoms with E-state index >= 15 is 0 Å². The molecule has 2 atom stereocenters. The Kier molecular flexibility index (Phi) is 7.99. The fraction of sp³-hybridized carbons (Fsp3) is 0.242. The highest BCUT2D eigenvalue weighted by Gasteiger charge is 2.67. The molecule has 2 aliphatic rings. The highest BCUT2D eigenvalue weighted by molar-refractivity contribution is 6.35. The fourth-order valence-corrected chi connectivity index (χ4v) is 5.74. The summed E-state index contributed by atoms with van der Waals surface area (Å²) in [6.45, 7) is 0. The molecule has 3 aromatic carbocycles. The molecule has 6 rings (SSSR count). The first-order valence-corrected chi connectivity index (χ1v) is 14.7. The average Bonchev–Trinajstić information content (AvgIpc) is 3.73. The standard InChI is InChI=1S/C33H27ClF4N8/c34-26-16-24(15-25-29(22(17-40)18-41-31(25)26)43-27(7-4-14-39)20-5-2-1-3-6-20)42-30(21-8-10-23(35)11-9-21)28-19-46(45-44-28)32(12-13-32)33(36,37)38/h1-3,5-6,8-11,15-16,18-19,27,30,42,44-45H,4,7,12-13H2,(H,41,43)/t27-,30+/m1/s1/i30D. The second-order valence-corrected chi connectivity index (χ2v) is 11.4. The number of anilines is 2. The molecule has 0 unspecified atom stereocenters. The third kappa shape index (κ3) is 5.97. The van der Waals surface area contributed by atoms with Crippen LogP contribution in [0.3, 0.4) is 0 Å². The van der Waals surface area contributed by atoms with E-state index in [0.717, 1.165) is 22.7 Å². The van der Waals surface area contributed by atoms with E-state index in [2.05, 4.69) is 38.7 Å². The number of rotatable bonds is 10. The van der Waals surface area contributed by atoms with E-state index in [9.17, 15) is 29.5 Å². The number of hydrogen-bond acceptors (Lipinski definition) is 8. The maximum absolute atomic E-state index is 14.0. The molecule has 0 spiro atoms. The first-order valence-electron chi connectivity index (χ1n) is 14.8. The molecule has 1 aromatic heterocycles. The zero-order chi connectivity index (χ0) is 33.4. The number of nitrogens with zero attached hydrogens (tertiary/aromatic N) is 4. The van der Waals surface area contributed by atoms with E-state index < -0.39 is 23.6 Å². The predicted molar refractivity (Wildman–Crippen MR) is 166 cm³/mol. The number of nitriles is 2. The predicted octanol–water partition coefficient (Wildman–Crippen LogP) is 7.77. The molecule has 13 heteroatoms. The van der Waals surface area contributed by atoms with Gasteiger partial charge in [-0.1, -0.05) is 54.1 Å². The van der Waals surface area contributed by atoms with Crippen molar-refractivity contribution in [3.8, 4) is 12.1 Å². The summed E-state index contributed by atoms with van der Waals surface area (Å²) in [5.74, 6) is -0.554. The van der Waals surface area contributed by atoms with Crippen LogP contribution in [0.1, 0.15) is 55.8 Å². The number of hydrazine groups is 2. The number of aromatic nitrogens is 1. The minimum Gasteiger partial charge on any atom is -0.377 e. The lowest BCUT2D eigenvalue weighted by atomic mass is 10.00. The van der Waals surface area contributed by atoms with Crippen molar-refractivity contribution in [1.29, 1.82) is 10.5 Å². The molecular weight excluding hydrogens is 620 g/mol. The highest BCUT2D eigenvalue weighted by Crippen LogP contribution is 2.53. The van der Waals surface area contributed by atoms with Gasteiger partial charge in [0.15, 0.2) is 5.54 Å². The Morgan fingerprint density at radius 3 is 2.46 bits per heavy atom. The van der Waals surface area contributed by atoms with E-state index in [4.69, 9.17) is 11.6 Å². The lowest BCUT2D eigenvalue weighted by Crippen LogP contribution is -2.52. The Labute approximate surface area is 268 Å². The average molecular weight is 648 g/mol. The van der Waals surface area contributed by atoms with Crippen molar-refractivity contribution < 1.29 is 18.9 Å². The van der Waals surface area contributed by atoms with Crippen molar-refractivity contribution >= 4 is 33.9 Å². The van der Waals surface area contributed by atoms with Gasteiger partial charge in [-0.3, -0.25) is 9.99 Å². The summed E-state index contributed by atoms with van der Waals surface area (Å²) in [5.41, 5.74) is 5.50. The highest BCUT2D eigenvalue weighted by atomic mass is 35.5. The maximum atomic E-state index is 14.0. The second-order valence-electron chi connectivity index (χ2n) is 11.0. The van der Waals surface area contributed by atoms with Crippen LogP contribution in [-0.2, 0) is 0 Å². The van der Waals surface area contributed by atoms with Gasteiger partial charge < -0.3 is 16.1 Å². The van der Waals surface area contributed by atoms with Crippen molar-refractivity contribution in [2.75, 3.05) is 10.6 Å². The molecule has 1 aliphatic heterocycles. The lowest BCUT2D eigenvalue weighted by molar-refractivity contribution is -0.195. The number of alkyl halides is 3. The quantitative estimate of drug-likeness (QED) is 0.129. The van der Waals surface area contributed by atoms with E-state index in [1.165, 1.54) is 30.6 Å². The molecule has 234 valence electrons. The molecule has 0 radical (unpaired) electrons. The second kappa shape index (κ2) is 12.4. The van der Waals surface area contributed by atoms with Crippen LogP contribution >= 0.6 is 11.6 Å². The van der Waals surface area contributed by atoms with Gasteiger partial charge >= 0.3 is 6.18 Å². The molecule has 0 saturated heterocycles. The van der Waals surface area contributed by atoms with E-state index in [0.29, 0.717) is 23.0 Å². The Morgan fingerprint density at radius 2 is 1.80 bits per heavy atom. The van der Waals surface area contributed by atoms with E-state index in [-0.39, 0.29) is 52.8 Å². The van der Waals surface area contributed by atoms with Gasteiger partial charge in [-0.05, 0) is 54.7 Å². The number of benzene rings is 3. The first kappa shape index (κ1) is 29.7. The summed E-state index contributed by atoms with van der Waals surface area (Å²) in [6, 6.07) is 19.6. The molecule has 1 saturated carbocycles. The number of hydrogen-bond donors (Lipinski definition) is 4. The normalized spacial score (nSPS) is 17.5. The van der Waals surface area contributed by atoms with Crippen LogP contribution in [-0.4, -0.2) is 21.7 Å². The van der Waals surface area contributed by atoms with Crippen LogP contribution in [0.2, 0.25) is 5.02 Å². The number of fused-ring (bicyclic) bond motifs is 1. The van der Waals surface area contributed by atoms with Crippen LogP contribution in [0.4, 0.5) is 28.9 Å². The molecular formula is C33H27ClF4N8. The van der Waals surface area contributed by atoms with Gasteiger partial charge in [-0.2, -0.15) is 23.7 Å². The molecule has 4 N–H and O–H groups in total. The van der Waals surface area contributed by atoms with Crippen molar-refractivity contribution in [2.24, 2.45) is 0 Å². The van der Waals surface area contributed by atoms with Gasteiger partial charge in [0.1, 0.15) is 11.9 Å². The molecule has 8 nitrogen and oxygen atoms in total. The third-order valence-corrected chi connectivity index (χ3v) is 8.35. The molecule has 4 aromatic rings. The fourth-order valence-electron chi connectivity index (χ4n) is 5.47. The van der Waals surface area contributed by atoms with E-state index in [1.807, 2.05) is 30.3 Å². The molecule has 0 amide bonds. The molecule has 0 bridgehead atoms. The van der Waals surface area contributed by atoms with Crippen LogP contribution in [0, 0.1) is 28.5 Å². The van der Waals surface area contributed by atoms with Crippen molar-refractivity contribution in [1.82, 2.24) is 21.0 Å². The van der Waals surface area contributed by atoms with Crippen LogP contribution in [0.15, 0.2) is 84.8 Å². The van der Waals surface area contributed by atoms with Crippen molar-refractivity contribution in [2.45, 2.75) is 49.5 Å². The molecule has 1 aliphatic carbocycles. The van der Waals surface area contributed by atoms with Crippen molar-refractivity contribution in [3.05, 3.63) is 112 Å². The zero-order valence-electron chi connectivity index (χ0n) is 25.1. The van der Waals surface area contributed by atoms with Gasteiger partial charge in [0.05, 0.1) is 47.0 Å². The van der Waals surface area contributed by atoms with Crippen LogP contribution in [0.5, 0.6) is 0 Å². The van der Waals surface area contributed by atoms with Crippen LogP contribution < -0.4 is 21.6 Å². The van der Waals surface area contributed by atoms with Gasteiger partial charge in [0.25, 0.3) is 0 Å². The summed E-state index contributed by atoms with van der Waals surface area (Å²) in [5, 5.41) is 27.4.